The lowest BCUT2D eigenvalue weighted by molar-refractivity contribution is 0.0950. The molecule has 26 heavy (non-hydrogen) atoms. The molecule has 3 aromatic rings. The Labute approximate surface area is 159 Å². The van der Waals surface area contributed by atoms with E-state index in [1.54, 1.807) is 18.1 Å². The summed E-state index contributed by atoms with van der Waals surface area (Å²) in [6.45, 7) is 2.52. The minimum atomic E-state index is -0.194. The van der Waals surface area contributed by atoms with Crippen molar-refractivity contribution >= 4 is 29.0 Å². The molecule has 1 saturated carbocycles. The van der Waals surface area contributed by atoms with Gasteiger partial charge in [0.05, 0.1) is 5.75 Å². The third kappa shape index (κ3) is 4.10. The number of aromatic nitrogens is 5. The number of benzene rings is 1. The van der Waals surface area contributed by atoms with Crippen LogP contribution < -0.4 is 5.32 Å². The van der Waals surface area contributed by atoms with Gasteiger partial charge in [-0.25, -0.2) is 0 Å². The van der Waals surface area contributed by atoms with Crippen LogP contribution in [0, 0.1) is 6.92 Å². The van der Waals surface area contributed by atoms with Gasteiger partial charge in [0.15, 0.2) is 5.16 Å². The number of aryl methyl sites for hydroxylation is 1. The molecular weight excluding hydrogens is 368 g/mol. The molecule has 0 unspecified atom stereocenters. The van der Waals surface area contributed by atoms with Crippen molar-refractivity contribution in [2.24, 2.45) is 0 Å². The topological polar surface area (TPSA) is 85.6 Å². The quantitative estimate of drug-likeness (QED) is 0.628. The second kappa shape index (κ2) is 7.55. The standard InChI is InChI=1S/C17H18N6OS2/c1-11-2-4-12(5-3-11)8-18-15(24)16-21-20-14(26-16)9-25-17-22-19-10-23(17)13-6-7-13/h2-5,10,13H,6-9H2,1H3,(H,18,24). The molecule has 1 N–H and O–H groups in total. The van der Waals surface area contributed by atoms with Crippen LogP contribution in [0.15, 0.2) is 35.7 Å². The molecule has 0 spiro atoms. The molecule has 1 amide bonds. The minimum absolute atomic E-state index is 0.194. The summed E-state index contributed by atoms with van der Waals surface area (Å²) in [6, 6.07) is 8.62. The van der Waals surface area contributed by atoms with E-state index in [0.717, 1.165) is 15.7 Å². The first kappa shape index (κ1) is 17.2. The first-order chi connectivity index (χ1) is 12.7. The first-order valence-electron chi connectivity index (χ1n) is 8.37. The Morgan fingerprint density at radius 3 is 2.85 bits per heavy atom. The molecule has 1 fully saturated rings. The first-order valence-corrected chi connectivity index (χ1v) is 10.2. The zero-order valence-electron chi connectivity index (χ0n) is 14.3. The van der Waals surface area contributed by atoms with E-state index in [1.165, 1.54) is 29.7 Å². The molecule has 0 atom stereocenters. The SMILES string of the molecule is Cc1ccc(CNC(=O)c2nnc(CSc3nncn3C3CC3)s2)cc1. The van der Waals surface area contributed by atoms with Gasteiger partial charge in [0.1, 0.15) is 11.3 Å². The monoisotopic (exact) mass is 386 g/mol. The number of hydrogen-bond donors (Lipinski definition) is 1. The molecule has 7 nitrogen and oxygen atoms in total. The van der Waals surface area contributed by atoms with Gasteiger partial charge in [-0.2, -0.15) is 0 Å². The molecule has 2 aromatic heterocycles. The maximum atomic E-state index is 12.2. The van der Waals surface area contributed by atoms with E-state index in [1.807, 2.05) is 31.2 Å². The summed E-state index contributed by atoms with van der Waals surface area (Å²) in [5.74, 6) is 0.439. The Bertz CT molecular complexity index is 900. The Morgan fingerprint density at radius 1 is 1.27 bits per heavy atom. The molecule has 2 heterocycles. The normalized spacial score (nSPS) is 13.7. The van der Waals surface area contributed by atoms with Crippen molar-refractivity contribution in [1.29, 1.82) is 0 Å². The third-order valence-corrected chi connectivity index (χ3v) is 6.11. The number of rotatable bonds is 7. The fourth-order valence-corrected chi connectivity index (χ4v) is 4.16. The molecule has 134 valence electrons. The Balaban J connectivity index is 1.31. The highest BCUT2D eigenvalue weighted by molar-refractivity contribution is 7.98. The molecule has 1 aliphatic carbocycles. The van der Waals surface area contributed by atoms with Crippen molar-refractivity contribution in [1.82, 2.24) is 30.3 Å². The van der Waals surface area contributed by atoms with Crippen molar-refractivity contribution < 1.29 is 4.79 Å². The lowest BCUT2D eigenvalue weighted by Gasteiger charge is -2.03. The average molecular weight is 387 g/mol. The molecular formula is C17H18N6OS2. The van der Waals surface area contributed by atoms with Gasteiger partial charge in [0.25, 0.3) is 5.91 Å². The average Bonchev–Trinajstić information content (AvgIpc) is 3.19. The number of nitrogens with zero attached hydrogens (tertiary/aromatic N) is 5. The maximum absolute atomic E-state index is 12.2. The van der Waals surface area contributed by atoms with Crippen LogP contribution in [0.25, 0.3) is 0 Å². The largest absolute Gasteiger partial charge is 0.346 e. The zero-order valence-corrected chi connectivity index (χ0v) is 15.9. The summed E-state index contributed by atoms with van der Waals surface area (Å²) in [5.41, 5.74) is 2.26. The van der Waals surface area contributed by atoms with Gasteiger partial charge in [-0.1, -0.05) is 52.9 Å². The smallest absolute Gasteiger partial charge is 0.282 e. The van der Waals surface area contributed by atoms with Crippen molar-refractivity contribution in [3.8, 4) is 0 Å². The molecule has 4 rings (SSSR count). The molecule has 0 saturated heterocycles. The van der Waals surface area contributed by atoms with Crippen LogP contribution in [0.4, 0.5) is 0 Å². The van der Waals surface area contributed by atoms with E-state index in [0.29, 0.717) is 23.3 Å². The summed E-state index contributed by atoms with van der Waals surface area (Å²) in [7, 11) is 0. The number of thioether (sulfide) groups is 1. The molecule has 1 aromatic carbocycles. The van der Waals surface area contributed by atoms with Gasteiger partial charge in [-0.3, -0.25) is 4.79 Å². The van der Waals surface area contributed by atoms with Gasteiger partial charge in [-0.15, -0.1) is 20.4 Å². The number of amides is 1. The fourth-order valence-electron chi connectivity index (χ4n) is 2.43. The third-order valence-electron chi connectivity index (χ3n) is 4.04. The highest BCUT2D eigenvalue weighted by Crippen LogP contribution is 2.37. The van der Waals surface area contributed by atoms with E-state index < -0.39 is 0 Å². The van der Waals surface area contributed by atoms with Crippen LogP contribution in [0.1, 0.15) is 44.8 Å². The lowest BCUT2D eigenvalue weighted by atomic mass is 10.1. The van der Waals surface area contributed by atoms with Crippen LogP contribution in [0.5, 0.6) is 0 Å². The Hall–Kier alpha value is -2.26. The highest BCUT2D eigenvalue weighted by Gasteiger charge is 2.26. The number of carbonyl (C=O) groups is 1. The minimum Gasteiger partial charge on any atom is -0.346 e. The highest BCUT2D eigenvalue weighted by atomic mass is 32.2. The second-order valence-corrected chi connectivity index (χ2v) is 8.21. The van der Waals surface area contributed by atoms with E-state index in [4.69, 9.17) is 0 Å². The number of carbonyl (C=O) groups excluding carboxylic acids is 1. The summed E-state index contributed by atoms with van der Waals surface area (Å²) >= 11 is 2.90. The van der Waals surface area contributed by atoms with E-state index in [9.17, 15) is 4.79 Å². The van der Waals surface area contributed by atoms with Crippen molar-refractivity contribution in [3.05, 3.63) is 51.7 Å². The molecule has 0 bridgehead atoms. The molecule has 9 heteroatoms. The summed E-state index contributed by atoms with van der Waals surface area (Å²) in [4.78, 5) is 12.2. The maximum Gasteiger partial charge on any atom is 0.282 e. The predicted molar refractivity (Wildman–Crippen MR) is 100 cm³/mol. The summed E-state index contributed by atoms with van der Waals surface area (Å²) in [6.07, 6.45) is 4.16. The van der Waals surface area contributed by atoms with Crippen LogP contribution in [-0.4, -0.2) is 30.9 Å². The fraction of sp³-hybridized carbons (Fsp3) is 0.353. The molecule has 0 radical (unpaired) electrons. The molecule has 0 aliphatic heterocycles. The van der Waals surface area contributed by atoms with Crippen LogP contribution >= 0.6 is 23.1 Å². The molecule has 1 aliphatic rings. The van der Waals surface area contributed by atoms with Crippen molar-refractivity contribution in [3.63, 3.8) is 0 Å². The Kier molecular flexibility index (Phi) is 4.98. The van der Waals surface area contributed by atoms with Gasteiger partial charge in [-0.05, 0) is 25.3 Å². The van der Waals surface area contributed by atoms with Gasteiger partial charge in [0, 0.05) is 12.6 Å². The second-order valence-electron chi connectivity index (χ2n) is 6.21. The summed E-state index contributed by atoms with van der Waals surface area (Å²) < 4.78 is 2.11. The Morgan fingerprint density at radius 2 is 2.08 bits per heavy atom. The van der Waals surface area contributed by atoms with E-state index in [-0.39, 0.29) is 5.91 Å². The number of nitrogens with one attached hydrogen (secondary N) is 1. The zero-order chi connectivity index (χ0) is 17.9. The number of hydrogen-bond acceptors (Lipinski definition) is 7. The predicted octanol–water partition coefficient (Wildman–Crippen LogP) is 3.00. The van der Waals surface area contributed by atoms with Crippen molar-refractivity contribution in [2.75, 3.05) is 0 Å². The lowest BCUT2D eigenvalue weighted by Crippen LogP contribution is -2.22. The van der Waals surface area contributed by atoms with Gasteiger partial charge >= 0.3 is 0 Å². The van der Waals surface area contributed by atoms with Crippen molar-refractivity contribution in [2.45, 2.75) is 43.3 Å². The van der Waals surface area contributed by atoms with E-state index >= 15 is 0 Å². The van der Waals surface area contributed by atoms with Gasteiger partial charge in [0.2, 0.25) is 5.01 Å². The van der Waals surface area contributed by atoms with Crippen LogP contribution in [0.3, 0.4) is 0 Å². The summed E-state index contributed by atoms with van der Waals surface area (Å²) in [5, 5.41) is 21.2. The van der Waals surface area contributed by atoms with Crippen LogP contribution in [-0.2, 0) is 12.3 Å². The van der Waals surface area contributed by atoms with Crippen LogP contribution in [0.2, 0.25) is 0 Å². The van der Waals surface area contributed by atoms with E-state index in [2.05, 4.69) is 30.3 Å². The van der Waals surface area contributed by atoms with Gasteiger partial charge < -0.3 is 9.88 Å².